The van der Waals surface area contributed by atoms with Gasteiger partial charge < -0.3 is 9.42 Å². The van der Waals surface area contributed by atoms with Gasteiger partial charge in [-0.2, -0.15) is 10.1 Å². The van der Waals surface area contributed by atoms with Crippen molar-refractivity contribution in [1.29, 1.82) is 0 Å². The molecule has 1 aliphatic rings. The maximum Gasteiger partial charge on any atom is 0.274 e. The third-order valence-electron chi connectivity index (χ3n) is 3.52. The number of hydrogen-bond donors (Lipinski definition) is 0. The molecule has 21 heavy (non-hydrogen) atoms. The lowest BCUT2D eigenvalue weighted by Gasteiger charge is -2.21. The summed E-state index contributed by atoms with van der Waals surface area (Å²) in [7, 11) is 1.52. The second kappa shape index (κ2) is 5.12. The highest BCUT2D eigenvalue weighted by Gasteiger charge is 2.35. The number of likely N-dealkylation sites (tertiary alicyclic amines) is 1. The Kier molecular flexibility index (Phi) is 3.28. The molecule has 3 rings (SSSR count). The van der Waals surface area contributed by atoms with Crippen molar-refractivity contribution < 1.29 is 9.32 Å². The Balaban J connectivity index is 1.89. The van der Waals surface area contributed by atoms with Crippen molar-refractivity contribution in [2.45, 2.75) is 25.8 Å². The van der Waals surface area contributed by atoms with Crippen LogP contribution in [-0.4, -0.2) is 37.3 Å². The zero-order valence-corrected chi connectivity index (χ0v) is 11.8. The fourth-order valence-electron chi connectivity index (χ4n) is 2.48. The zero-order chi connectivity index (χ0) is 15.0. The highest BCUT2D eigenvalue weighted by molar-refractivity contribution is 5.92. The van der Waals surface area contributed by atoms with Crippen LogP contribution in [-0.2, 0) is 7.05 Å². The Morgan fingerprint density at radius 2 is 2.24 bits per heavy atom. The number of aromatic nitrogens is 4. The normalized spacial score (nSPS) is 18.2. The maximum atomic E-state index is 12.6. The molecular weight excluding hydrogens is 274 g/mol. The van der Waals surface area contributed by atoms with E-state index in [1.54, 1.807) is 11.8 Å². The van der Waals surface area contributed by atoms with E-state index >= 15 is 0 Å². The Labute approximate surface area is 120 Å². The molecule has 3 heterocycles. The Morgan fingerprint density at radius 1 is 1.43 bits per heavy atom. The molecule has 1 atom stereocenters. The summed E-state index contributed by atoms with van der Waals surface area (Å²) >= 11 is 0. The van der Waals surface area contributed by atoms with Gasteiger partial charge in [0.25, 0.3) is 11.5 Å². The van der Waals surface area contributed by atoms with Crippen molar-refractivity contribution in [3.63, 3.8) is 0 Å². The van der Waals surface area contributed by atoms with E-state index in [1.807, 2.05) is 0 Å². The van der Waals surface area contributed by atoms with E-state index in [4.69, 9.17) is 4.52 Å². The maximum absolute atomic E-state index is 12.6. The van der Waals surface area contributed by atoms with Crippen molar-refractivity contribution in [2.75, 3.05) is 6.54 Å². The predicted molar refractivity (Wildman–Crippen MR) is 71.5 cm³/mol. The zero-order valence-electron chi connectivity index (χ0n) is 11.8. The van der Waals surface area contributed by atoms with E-state index in [0.29, 0.717) is 18.3 Å². The van der Waals surface area contributed by atoms with Crippen LogP contribution >= 0.6 is 0 Å². The SMILES string of the molecule is Cc1noc(C2CCCN2C(=O)c2ccc(=O)n(C)n2)n1. The standard InChI is InChI=1S/C13H15N5O3/c1-8-14-12(21-16-8)10-4-3-7-18(10)13(20)9-5-6-11(19)17(2)15-9/h5-6,10H,3-4,7H2,1-2H3. The number of hydrogen-bond acceptors (Lipinski definition) is 6. The highest BCUT2D eigenvalue weighted by atomic mass is 16.5. The van der Waals surface area contributed by atoms with Crippen LogP contribution < -0.4 is 5.56 Å². The molecule has 1 fully saturated rings. The monoisotopic (exact) mass is 289 g/mol. The average Bonchev–Trinajstić information content (AvgIpc) is 3.09. The first-order valence-electron chi connectivity index (χ1n) is 6.72. The minimum absolute atomic E-state index is 0.224. The molecule has 8 nitrogen and oxygen atoms in total. The molecule has 1 unspecified atom stereocenters. The average molecular weight is 289 g/mol. The second-order valence-electron chi connectivity index (χ2n) is 5.02. The van der Waals surface area contributed by atoms with Crippen LogP contribution in [0, 0.1) is 6.92 Å². The van der Waals surface area contributed by atoms with Gasteiger partial charge in [-0.05, 0) is 25.8 Å². The molecule has 0 aliphatic carbocycles. The molecule has 8 heteroatoms. The van der Waals surface area contributed by atoms with E-state index in [1.165, 1.54) is 19.2 Å². The quantitative estimate of drug-likeness (QED) is 0.796. The molecular formula is C13H15N5O3. The van der Waals surface area contributed by atoms with Gasteiger partial charge in [0.2, 0.25) is 5.89 Å². The summed E-state index contributed by atoms with van der Waals surface area (Å²) in [5, 5.41) is 7.77. The number of carbonyl (C=O) groups is 1. The first-order chi connectivity index (χ1) is 10.1. The molecule has 0 aromatic carbocycles. The Bertz CT molecular complexity index is 735. The molecule has 1 amide bonds. The Hall–Kier alpha value is -2.51. The van der Waals surface area contributed by atoms with Gasteiger partial charge in [-0.15, -0.1) is 0 Å². The van der Waals surface area contributed by atoms with Crippen LogP contribution in [0.4, 0.5) is 0 Å². The van der Waals surface area contributed by atoms with Crippen LogP contribution in [0.15, 0.2) is 21.5 Å². The Morgan fingerprint density at radius 3 is 2.90 bits per heavy atom. The third-order valence-corrected chi connectivity index (χ3v) is 3.52. The number of carbonyl (C=O) groups excluding carboxylic acids is 1. The lowest BCUT2D eigenvalue weighted by molar-refractivity contribution is 0.0701. The molecule has 1 aliphatic heterocycles. The van der Waals surface area contributed by atoms with Crippen LogP contribution in [0.3, 0.4) is 0 Å². The largest absolute Gasteiger partial charge is 0.337 e. The lowest BCUT2D eigenvalue weighted by Crippen LogP contribution is -2.33. The first-order valence-corrected chi connectivity index (χ1v) is 6.72. The summed E-state index contributed by atoms with van der Waals surface area (Å²) in [6, 6.07) is 2.55. The predicted octanol–water partition coefficient (Wildman–Crippen LogP) is 0.449. The minimum Gasteiger partial charge on any atom is -0.337 e. The number of amides is 1. The number of rotatable bonds is 2. The summed E-state index contributed by atoms with van der Waals surface area (Å²) in [6.45, 7) is 2.35. The second-order valence-corrected chi connectivity index (χ2v) is 5.02. The van der Waals surface area contributed by atoms with Crippen molar-refractivity contribution in [1.82, 2.24) is 24.8 Å². The topological polar surface area (TPSA) is 94.1 Å². The molecule has 2 aromatic heterocycles. The fourth-order valence-corrected chi connectivity index (χ4v) is 2.48. The summed E-state index contributed by atoms with van der Waals surface area (Å²) in [5.74, 6) is 0.761. The summed E-state index contributed by atoms with van der Waals surface area (Å²) in [5.41, 5.74) is -0.0164. The van der Waals surface area contributed by atoms with Gasteiger partial charge in [0.15, 0.2) is 5.82 Å². The molecule has 0 spiro atoms. The van der Waals surface area contributed by atoms with E-state index in [-0.39, 0.29) is 23.2 Å². The van der Waals surface area contributed by atoms with Gasteiger partial charge in [0.1, 0.15) is 11.7 Å². The van der Waals surface area contributed by atoms with Crippen LogP contribution in [0.2, 0.25) is 0 Å². The van der Waals surface area contributed by atoms with Crippen LogP contribution in [0.5, 0.6) is 0 Å². The molecule has 110 valence electrons. The van der Waals surface area contributed by atoms with E-state index < -0.39 is 0 Å². The van der Waals surface area contributed by atoms with Gasteiger partial charge >= 0.3 is 0 Å². The summed E-state index contributed by atoms with van der Waals surface area (Å²) < 4.78 is 6.32. The van der Waals surface area contributed by atoms with Gasteiger partial charge in [-0.1, -0.05) is 5.16 Å². The van der Waals surface area contributed by atoms with Gasteiger partial charge in [0, 0.05) is 19.7 Å². The van der Waals surface area contributed by atoms with Gasteiger partial charge in [0.05, 0.1) is 0 Å². The van der Waals surface area contributed by atoms with Crippen molar-refractivity contribution in [3.05, 3.63) is 39.9 Å². The minimum atomic E-state index is -0.253. The smallest absolute Gasteiger partial charge is 0.274 e. The van der Waals surface area contributed by atoms with Crippen LogP contribution in [0.25, 0.3) is 0 Å². The fraction of sp³-hybridized carbons (Fsp3) is 0.462. The molecule has 0 N–H and O–H groups in total. The third kappa shape index (κ3) is 2.44. The number of nitrogens with zero attached hydrogens (tertiary/aromatic N) is 5. The lowest BCUT2D eigenvalue weighted by atomic mass is 10.2. The molecule has 0 bridgehead atoms. The van der Waals surface area contributed by atoms with E-state index in [2.05, 4.69) is 15.2 Å². The summed E-state index contributed by atoms with van der Waals surface area (Å²) in [6.07, 6.45) is 1.64. The number of aryl methyl sites for hydroxylation is 2. The van der Waals surface area contributed by atoms with Crippen molar-refractivity contribution >= 4 is 5.91 Å². The first kappa shape index (κ1) is 13.5. The highest BCUT2D eigenvalue weighted by Crippen LogP contribution is 2.31. The van der Waals surface area contributed by atoms with Crippen molar-refractivity contribution in [2.24, 2.45) is 7.05 Å². The van der Waals surface area contributed by atoms with E-state index in [0.717, 1.165) is 17.5 Å². The van der Waals surface area contributed by atoms with Crippen LogP contribution in [0.1, 0.15) is 41.1 Å². The van der Waals surface area contributed by atoms with Gasteiger partial charge in [-0.3, -0.25) is 9.59 Å². The van der Waals surface area contributed by atoms with Gasteiger partial charge in [-0.25, -0.2) is 4.68 Å². The molecule has 0 radical (unpaired) electrons. The van der Waals surface area contributed by atoms with E-state index in [9.17, 15) is 9.59 Å². The molecule has 0 saturated carbocycles. The summed E-state index contributed by atoms with van der Waals surface area (Å²) in [4.78, 5) is 29.8. The van der Waals surface area contributed by atoms with Crippen molar-refractivity contribution in [3.8, 4) is 0 Å². The molecule has 1 saturated heterocycles. The molecule has 2 aromatic rings.